The van der Waals surface area contributed by atoms with Crippen molar-refractivity contribution in [3.8, 4) is 0 Å². The number of anilines is 1. The molecule has 0 amide bonds. The predicted octanol–water partition coefficient (Wildman–Crippen LogP) is 2.00. The van der Waals surface area contributed by atoms with Crippen molar-refractivity contribution in [2.45, 2.75) is 32.4 Å². The number of aliphatic hydroxyl groups excluding tert-OH is 1. The van der Waals surface area contributed by atoms with Crippen molar-refractivity contribution in [3.05, 3.63) is 22.8 Å². The number of halogens is 1. The van der Waals surface area contributed by atoms with Crippen LogP contribution in [0, 0.1) is 0 Å². The lowest BCUT2D eigenvalue weighted by Gasteiger charge is -2.16. The number of aromatic nitrogens is 1. The second kappa shape index (κ2) is 5.84. The maximum atomic E-state index is 10.8. The minimum absolute atomic E-state index is 0.00896. The summed E-state index contributed by atoms with van der Waals surface area (Å²) in [7, 11) is 0. The summed E-state index contributed by atoms with van der Waals surface area (Å²) in [5.74, 6) is -0.734. The molecule has 1 aromatic rings. The number of nitrogens with one attached hydrogen (secondary N) is 1. The Balaban J connectivity index is 2.79. The van der Waals surface area contributed by atoms with Crippen LogP contribution in [0.1, 0.15) is 30.8 Å². The fraction of sp³-hybridized carbons (Fsp3) is 0.455. The highest BCUT2D eigenvalue weighted by Crippen LogP contribution is 2.17. The Morgan fingerprint density at radius 2 is 2.18 bits per heavy atom. The minimum atomic E-state index is -1.16. The fourth-order valence-corrected chi connectivity index (χ4v) is 1.68. The van der Waals surface area contributed by atoms with Gasteiger partial charge in [-0.15, -0.1) is 0 Å². The van der Waals surface area contributed by atoms with Crippen LogP contribution < -0.4 is 5.32 Å². The van der Waals surface area contributed by atoms with E-state index in [0.29, 0.717) is 12.2 Å². The number of carboxylic acid groups (broad SMARTS) is 1. The van der Waals surface area contributed by atoms with Crippen LogP contribution in [0.5, 0.6) is 0 Å². The molecule has 94 valence electrons. The van der Waals surface area contributed by atoms with Gasteiger partial charge in [0.2, 0.25) is 0 Å². The first-order valence-electron chi connectivity index (χ1n) is 5.24. The standard InChI is InChI=1S/C11H15ClN2O3/c1-6(5-7(2)15)13-9-4-3-8(12)10(14-9)11(16)17/h3-4,6-7,15H,5H2,1-2H3,(H,13,14)(H,16,17). The molecule has 0 saturated heterocycles. The highest BCUT2D eigenvalue weighted by molar-refractivity contribution is 6.33. The number of rotatable bonds is 5. The maximum Gasteiger partial charge on any atom is 0.356 e. The summed E-state index contributed by atoms with van der Waals surface area (Å²) in [5, 5.41) is 21.2. The SMILES string of the molecule is CC(O)CC(C)Nc1ccc(Cl)c(C(=O)O)n1. The quantitative estimate of drug-likeness (QED) is 0.753. The van der Waals surface area contributed by atoms with Gasteiger partial charge in [0.15, 0.2) is 5.69 Å². The topological polar surface area (TPSA) is 82.5 Å². The molecule has 5 nitrogen and oxygen atoms in total. The first-order valence-corrected chi connectivity index (χ1v) is 5.62. The highest BCUT2D eigenvalue weighted by atomic mass is 35.5. The molecule has 0 saturated carbocycles. The van der Waals surface area contributed by atoms with Gasteiger partial charge < -0.3 is 15.5 Å². The molecule has 2 unspecified atom stereocenters. The molecule has 0 fully saturated rings. The van der Waals surface area contributed by atoms with E-state index in [0.717, 1.165) is 0 Å². The molecule has 1 aromatic heterocycles. The molecule has 0 aliphatic rings. The molecule has 1 heterocycles. The van der Waals surface area contributed by atoms with Gasteiger partial charge in [0.1, 0.15) is 5.82 Å². The van der Waals surface area contributed by atoms with Crippen molar-refractivity contribution in [3.63, 3.8) is 0 Å². The number of aromatic carboxylic acids is 1. The smallest absolute Gasteiger partial charge is 0.356 e. The summed E-state index contributed by atoms with van der Waals surface area (Å²) in [5.41, 5.74) is -0.180. The third-order valence-corrected chi connectivity index (χ3v) is 2.44. The zero-order chi connectivity index (χ0) is 13.0. The van der Waals surface area contributed by atoms with E-state index >= 15 is 0 Å². The lowest BCUT2D eigenvalue weighted by atomic mass is 10.1. The highest BCUT2D eigenvalue weighted by Gasteiger charge is 2.13. The van der Waals surface area contributed by atoms with Crippen LogP contribution in [0.2, 0.25) is 5.02 Å². The van der Waals surface area contributed by atoms with Gasteiger partial charge in [0.05, 0.1) is 11.1 Å². The van der Waals surface area contributed by atoms with Gasteiger partial charge in [-0.05, 0) is 32.4 Å². The number of hydrogen-bond acceptors (Lipinski definition) is 4. The normalized spacial score (nSPS) is 14.1. The molecule has 0 aliphatic heterocycles. The molecule has 0 radical (unpaired) electrons. The minimum Gasteiger partial charge on any atom is -0.476 e. The molecule has 0 aromatic carbocycles. The molecular formula is C11H15ClN2O3. The molecular weight excluding hydrogens is 244 g/mol. The average molecular weight is 259 g/mol. The summed E-state index contributed by atoms with van der Waals surface area (Å²) in [6.07, 6.45) is 0.121. The Labute approximate surface area is 104 Å². The van der Waals surface area contributed by atoms with Crippen molar-refractivity contribution >= 4 is 23.4 Å². The van der Waals surface area contributed by atoms with Gasteiger partial charge in [-0.2, -0.15) is 0 Å². The number of pyridine rings is 1. The number of carboxylic acids is 1. The first-order chi connectivity index (χ1) is 7.90. The van der Waals surface area contributed by atoms with Crippen LogP contribution in [0.4, 0.5) is 5.82 Å². The lowest BCUT2D eigenvalue weighted by Crippen LogP contribution is -2.21. The third kappa shape index (κ3) is 4.20. The fourth-order valence-electron chi connectivity index (χ4n) is 1.50. The van der Waals surface area contributed by atoms with Crippen LogP contribution in [-0.4, -0.2) is 33.3 Å². The Kier molecular flexibility index (Phi) is 4.72. The first kappa shape index (κ1) is 13.7. The zero-order valence-electron chi connectivity index (χ0n) is 9.64. The summed E-state index contributed by atoms with van der Waals surface area (Å²) in [6.45, 7) is 3.57. The summed E-state index contributed by atoms with van der Waals surface area (Å²) < 4.78 is 0. The molecule has 6 heteroatoms. The van der Waals surface area contributed by atoms with E-state index in [1.54, 1.807) is 13.0 Å². The number of nitrogens with zero attached hydrogens (tertiary/aromatic N) is 1. The van der Waals surface area contributed by atoms with Crippen molar-refractivity contribution < 1.29 is 15.0 Å². The lowest BCUT2D eigenvalue weighted by molar-refractivity contribution is 0.0690. The zero-order valence-corrected chi connectivity index (χ0v) is 10.4. The molecule has 3 N–H and O–H groups in total. The van der Waals surface area contributed by atoms with Crippen LogP contribution in [0.15, 0.2) is 12.1 Å². The van der Waals surface area contributed by atoms with E-state index in [4.69, 9.17) is 16.7 Å². The van der Waals surface area contributed by atoms with E-state index in [9.17, 15) is 9.90 Å². The van der Waals surface area contributed by atoms with E-state index < -0.39 is 12.1 Å². The van der Waals surface area contributed by atoms with Crippen molar-refractivity contribution in [1.82, 2.24) is 4.98 Å². The number of aliphatic hydroxyl groups is 1. The van der Waals surface area contributed by atoms with E-state index in [2.05, 4.69) is 10.3 Å². The Morgan fingerprint density at radius 3 is 2.71 bits per heavy atom. The van der Waals surface area contributed by atoms with Gasteiger partial charge in [-0.3, -0.25) is 0 Å². The summed E-state index contributed by atoms with van der Waals surface area (Å²) in [4.78, 5) is 14.7. The Morgan fingerprint density at radius 1 is 1.53 bits per heavy atom. The number of hydrogen-bond donors (Lipinski definition) is 3. The molecule has 2 atom stereocenters. The maximum absolute atomic E-state index is 10.8. The van der Waals surface area contributed by atoms with Crippen LogP contribution >= 0.6 is 11.6 Å². The van der Waals surface area contributed by atoms with Crippen LogP contribution in [-0.2, 0) is 0 Å². The largest absolute Gasteiger partial charge is 0.476 e. The monoisotopic (exact) mass is 258 g/mol. The van der Waals surface area contributed by atoms with Gasteiger partial charge in [0, 0.05) is 6.04 Å². The van der Waals surface area contributed by atoms with Gasteiger partial charge >= 0.3 is 5.97 Å². The predicted molar refractivity (Wildman–Crippen MR) is 65.6 cm³/mol. The average Bonchev–Trinajstić information content (AvgIpc) is 2.19. The van der Waals surface area contributed by atoms with Gasteiger partial charge in [-0.25, -0.2) is 9.78 Å². The van der Waals surface area contributed by atoms with Crippen molar-refractivity contribution in [2.75, 3.05) is 5.32 Å². The van der Waals surface area contributed by atoms with Gasteiger partial charge in [-0.1, -0.05) is 11.6 Å². The second-order valence-electron chi connectivity index (χ2n) is 3.96. The Hall–Kier alpha value is -1.33. The molecule has 1 rings (SSSR count). The van der Waals surface area contributed by atoms with E-state index in [1.807, 2.05) is 6.92 Å². The van der Waals surface area contributed by atoms with E-state index in [1.165, 1.54) is 6.07 Å². The molecule has 0 bridgehead atoms. The summed E-state index contributed by atoms with van der Waals surface area (Å²) >= 11 is 5.70. The molecule has 0 spiro atoms. The van der Waals surface area contributed by atoms with E-state index in [-0.39, 0.29) is 16.8 Å². The molecule has 17 heavy (non-hydrogen) atoms. The van der Waals surface area contributed by atoms with Crippen LogP contribution in [0.3, 0.4) is 0 Å². The number of carbonyl (C=O) groups is 1. The molecule has 0 aliphatic carbocycles. The van der Waals surface area contributed by atoms with Crippen LogP contribution in [0.25, 0.3) is 0 Å². The Bertz CT molecular complexity index is 410. The third-order valence-electron chi connectivity index (χ3n) is 2.14. The van der Waals surface area contributed by atoms with Gasteiger partial charge in [0.25, 0.3) is 0 Å². The van der Waals surface area contributed by atoms with Crippen molar-refractivity contribution in [1.29, 1.82) is 0 Å². The van der Waals surface area contributed by atoms with Crippen molar-refractivity contribution in [2.24, 2.45) is 0 Å². The second-order valence-corrected chi connectivity index (χ2v) is 4.37. The summed E-state index contributed by atoms with van der Waals surface area (Å²) in [6, 6.07) is 3.08.